The topological polar surface area (TPSA) is 138 Å². The molecule has 0 spiro atoms. The molecule has 4 aliphatic rings. The highest BCUT2D eigenvalue weighted by molar-refractivity contribution is 7.60. The van der Waals surface area contributed by atoms with E-state index < -0.39 is 0 Å². The van der Waals surface area contributed by atoms with E-state index >= 15 is 0 Å². The van der Waals surface area contributed by atoms with Gasteiger partial charge in [0.1, 0.15) is 17.5 Å². The molecule has 44 heavy (non-hydrogen) atoms. The van der Waals surface area contributed by atoms with Crippen LogP contribution in [0.1, 0.15) is 39.2 Å². The van der Waals surface area contributed by atoms with Crippen LogP contribution < -0.4 is 11.0 Å². The lowest BCUT2D eigenvalue weighted by Crippen LogP contribution is -2.20. The number of aliphatic imine (C=N–C) groups is 5. The summed E-state index contributed by atoms with van der Waals surface area (Å²) >= 11 is 0. The fourth-order valence-corrected chi connectivity index (χ4v) is 7.81. The summed E-state index contributed by atoms with van der Waals surface area (Å²) in [6, 6.07) is 28.3. The van der Waals surface area contributed by atoms with E-state index in [1.165, 1.54) is 0 Å². The van der Waals surface area contributed by atoms with Gasteiger partial charge >= 0.3 is 5.69 Å². The van der Waals surface area contributed by atoms with Crippen molar-refractivity contribution in [1.82, 2.24) is 20.3 Å². The molecule has 208 valence electrons. The number of imidazole rings is 1. The van der Waals surface area contributed by atoms with Crippen LogP contribution in [0.2, 0.25) is 0 Å². The van der Waals surface area contributed by atoms with E-state index in [-0.39, 0.29) is 20.1 Å². The Bertz CT molecular complexity index is 2490. The molecule has 4 N–H and O–H groups in total. The summed E-state index contributed by atoms with van der Waals surface area (Å²) in [6.07, 6.45) is 0. The highest BCUT2D eigenvalue weighted by Crippen LogP contribution is 2.45. The molecule has 4 aromatic carbocycles. The van der Waals surface area contributed by atoms with Gasteiger partial charge in [-0.2, -0.15) is 0 Å². The smallest absolute Gasteiger partial charge is 0.323 e. The first-order chi connectivity index (χ1) is 21.7. The third kappa shape index (κ3) is 3.40. The third-order valence-corrected chi connectivity index (χ3v) is 9.80. The molecule has 0 saturated carbocycles. The average Bonchev–Trinajstić information content (AvgIpc) is 3.83. The number of hydrogen-bond donors (Lipinski definition) is 4. The number of hydrogen-bond acceptors (Lipinski definition) is 7. The van der Waals surface area contributed by atoms with Gasteiger partial charge in [0.2, 0.25) is 0 Å². The summed E-state index contributed by atoms with van der Waals surface area (Å²) in [7, 11) is 0.257. The Balaban J connectivity index is 1.27. The first kappa shape index (κ1) is 23.8. The normalized spacial score (nSPS) is 20.6. The minimum absolute atomic E-state index is 0.117. The number of aromatic nitrogens is 3. The molecule has 0 amide bonds. The Kier molecular flexibility index (Phi) is 4.68. The van der Waals surface area contributed by atoms with Crippen molar-refractivity contribution in [3.8, 4) is 0 Å². The van der Waals surface area contributed by atoms with Crippen molar-refractivity contribution in [1.29, 1.82) is 0 Å². The van der Waals surface area contributed by atoms with E-state index in [1.54, 1.807) is 0 Å². The predicted molar refractivity (Wildman–Crippen MR) is 176 cm³/mol. The lowest BCUT2D eigenvalue weighted by molar-refractivity contribution is 0.931. The summed E-state index contributed by atoms with van der Waals surface area (Å²) in [4.78, 5) is 46.8. The van der Waals surface area contributed by atoms with Crippen LogP contribution in [0.4, 0.5) is 11.6 Å². The molecule has 4 aliphatic heterocycles. The average molecular weight is 590 g/mol. The minimum Gasteiger partial charge on any atom is -0.359 e. The highest BCUT2D eigenvalue weighted by atomic mass is 31.1. The van der Waals surface area contributed by atoms with E-state index in [9.17, 15) is 4.79 Å². The van der Waals surface area contributed by atoms with Crippen LogP contribution in [0.25, 0.3) is 21.8 Å². The van der Waals surface area contributed by atoms with Crippen molar-refractivity contribution in [2.75, 3.05) is 0 Å². The first-order valence-corrected chi connectivity index (χ1v) is 15.3. The van der Waals surface area contributed by atoms with Crippen LogP contribution in [0.5, 0.6) is 0 Å². The molecule has 6 heterocycles. The quantitative estimate of drug-likeness (QED) is 0.168. The molecule has 10 nitrogen and oxygen atoms in total. The van der Waals surface area contributed by atoms with Gasteiger partial charge in [0.05, 0.1) is 22.3 Å². The van der Waals surface area contributed by atoms with Gasteiger partial charge in [-0.25, -0.2) is 29.8 Å². The zero-order valence-corrected chi connectivity index (χ0v) is 23.8. The number of rotatable bonds is 0. The molecule has 11 heteroatoms. The van der Waals surface area contributed by atoms with Crippen LogP contribution in [0.15, 0.2) is 115 Å². The van der Waals surface area contributed by atoms with Gasteiger partial charge in [0.15, 0.2) is 17.5 Å². The van der Waals surface area contributed by atoms with Crippen LogP contribution in [0, 0.1) is 0 Å². The standard InChI is InChI=1S/C33H20N9OP/c43-33-34-23-13-21-22(14-24(23)35-33)32-42-30(21)40-28-18-10-4-2-8-16(18)26(38-28)36-25-15-7-1-3-9-17(15)27(37-25)39-29-19-11-5-6-12-20(19)31(41-29)44-32/h1-14,32,37,44H,(H2,34,35,43)(H,36,38,40,42)/b39-29-. The van der Waals surface area contributed by atoms with Crippen LogP contribution >= 0.6 is 8.58 Å². The number of H-pyrrole nitrogens is 3. The number of nitrogens with zero attached hydrogens (tertiary/aromatic N) is 5. The number of nitrogens with one attached hydrogen (secondary N) is 4. The summed E-state index contributed by atoms with van der Waals surface area (Å²) in [6.45, 7) is 0. The second kappa shape index (κ2) is 8.65. The Hall–Kier alpha value is -5.73. The van der Waals surface area contributed by atoms with Crippen molar-refractivity contribution in [3.05, 3.63) is 129 Å². The van der Waals surface area contributed by atoms with Crippen LogP contribution in [0.3, 0.4) is 0 Å². The molecule has 10 rings (SSSR count). The highest BCUT2D eigenvalue weighted by Gasteiger charge is 2.33. The molecule has 6 aromatic rings. The van der Waals surface area contributed by atoms with Crippen molar-refractivity contribution >= 4 is 70.8 Å². The second-order valence-electron chi connectivity index (χ2n) is 11.0. The van der Waals surface area contributed by atoms with Gasteiger partial charge in [-0.1, -0.05) is 72.8 Å². The van der Waals surface area contributed by atoms with Crippen molar-refractivity contribution in [3.63, 3.8) is 0 Å². The third-order valence-electron chi connectivity index (χ3n) is 8.40. The SMILES string of the molecule is O=c1[nH]c2cc3c(cc2[nH]1)C1NC3=NC2=N/C(=N\c3[nH]c(c4ccccc34)/N=C3\N=C(P1)c1ccccc13)c1ccccc12. The molecular formula is C33H20N9OP. The summed E-state index contributed by atoms with van der Waals surface area (Å²) < 4.78 is 0. The Morgan fingerprint density at radius 3 is 1.84 bits per heavy atom. The molecule has 2 aromatic heterocycles. The van der Waals surface area contributed by atoms with Crippen LogP contribution in [-0.4, -0.2) is 43.7 Å². The minimum atomic E-state index is -0.243. The second-order valence-corrected chi connectivity index (χ2v) is 12.3. The maximum absolute atomic E-state index is 12.2. The largest absolute Gasteiger partial charge is 0.359 e. The van der Waals surface area contributed by atoms with Gasteiger partial charge in [-0.15, -0.1) is 0 Å². The summed E-state index contributed by atoms with van der Waals surface area (Å²) in [5.41, 5.74) is 8.01. The first-order valence-electron chi connectivity index (χ1n) is 14.2. The lowest BCUT2D eigenvalue weighted by Gasteiger charge is -2.13. The molecule has 8 bridgehead atoms. The number of aromatic amines is 3. The van der Waals surface area contributed by atoms with Crippen LogP contribution in [-0.2, 0) is 0 Å². The molecule has 0 saturated heterocycles. The van der Waals surface area contributed by atoms with E-state index in [0.29, 0.717) is 35.0 Å². The Labute approximate surface area is 250 Å². The number of amidine groups is 4. The predicted octanol–water partition coefficient (Wildman–Crippen LogP) is 5.76. The van der Waals surface area contributed by atoms with E-state index in [2.05, 4.69) is 32.4 Å². The Morgan fingerprint density at radius 1 is 0.568 bits per heavy atom. The monoisotopic (exact) mass is 589 g/mol. The van der Waals surface area contributed by atoms with Gasteiger partial charge in [0.25, 0.3) is 0 Å². The van der Waals surface area contributed by atoms with E-state index in [1.807, 2.05) is 72.8 Å². The molecule has 0 radical (unpaired) electrons. The summed E-state index contributed by atoms with van der Waals surface area (Å²) in [5, 5.41) is 5.59. The van der Waals surface area contributed by atoms with Gasteiger partial charge < -0.3 is 20.3 Å². The molecule has 0 fully saturated rings. The van der Waals surface area contributed by atoms with Gasteiger partial charge in [0, 0.05) is 38.6 Å². The molecule has 0 aliphatic carbocycles. The zero-order chi connectivity index (χ0) is 28.9. The number of benzene rings is 4. The van der Waals surface area contributed by atoms with Crippen molar-refractivity contribution in [2.45, 2.75) is 5.78 Å². The number of fused-ring (bicyclic) bond motifs is 19. The maximum Gasteiger partial charge on any atom is 0.323 e. The van der Waals surface area contributed by atoms with Gasteiger partial charge in [-0.05, 0) is 26.3 Å². The fraction of sp³-hybridized carbons (Fsp3) is 0.0303. The molecular weight excluding hydrogens is 569 g/mol. The van der Waals surface area contributed by atoms with E-state index in [0.717, 1.165) is 60.6 Å². The van der Waals surface area contributed by atoms with E-state index in [4.69, 9.17) is 25.0 Å². The Morgan fingerprint density at radius 2 is 1.14 bits per heavy atom. The zero-order valence-electron chi connectivity index (χ0n) is 22.8. The maximum atomic E-state index is 12.2. The molecule has 2 atom stereocenters. The lowest BCUT2D eigenvalue weighted by atomic mass is 10.1. The molecule has 2 unspecified atom stereocenters. The fourth-order valence-electron chi connectivity index (χ4n) is 6.39. The van der Waals surface area contributed by atoms with Crippen molar-refractivity contribution in [2.24, 2.45) is 25.0 Å². The summed E-state index contributed by atoms with van der Waals surface area (Å²) in [5.74, 6) is 3.76. The van der Waals surface area contributed by atoms with Gasteiger partial charge in [-0.3, -0.25) is 0 Å². The van der Waals surface area contributed by atoms with Crippen molar-refractivity contribution < 1.29 is 0 Å².